The van der Waals surface area contributed by atoms with Gasteiger partial charge in [0.2, 0.25) is 0 Å². The summed E-state index contributed by atoms with van der Waals surface area (Å²) < 4.78 is 0. The Kier molecular flexibility index (Phi) is 5.73. The van der Waals surface area contributed by atoms with Crippen molar-refractivity contribution in [2.45, 2.75) is 20.3 Å². The molecule has 0 unspecified atom stereocenters. The van der Waals surface area contributed by atoms with Gasteiger partial charge in [-0.1, -0.05) is 67.6 Å². The Morgan fingerprint density at radius 3 is 2.47 bits per heavy atom. The molecule has 1 nitrogen and oxygen atoms in total. The van der Waals surface area contributed by atoms with E-state index in [1.54, 1.807) is 0 Å². The Bertz CT molecular complexity index is 436. The second-order valence-corrected chi connectivity index (χ2v) is 3.63. The summed E-state index contributed by atoms with van der Waals surface area (Å²) in [6.07, 6.45) is 10.6. The summed E-state index contributed by atoms with van der Waals surface area (Å²) in [5.74, 6) is 0.0641. The monoisotopic (exact) mass is 226 g/mol. The van der Waals surface area contributed by atoms with Crippen molar-refractivity contribution in [3.05, 3.63) is 71.8 Å². The Morgan fingerprint density at radius 1 is 1.18 bits per heavy atom. The number of allylic oxidation sites excluding steroid dienone is 6. The van der Waals surface area contributed by atoms with Crippen molar-refractivity contribution in [1.82, 2.24) is 0 Å². The summed E-state index contributed by atoms with van der Waals surface area (Å²) in [7, 11) is 0. The molecule has 0 N–H and O–H groups in total. The van der Waals surface area contributed by atoms with Crippen LogP contribution in [0.1, 0.15) is 30.6 Å². The Labute approximate surface area is 103 Å². The maximum absolute atomic E-state index is 12.1. The molecule has 0 bridgehead atoms. The molecule has 0 radical (unpaired) electrons. The first-order valence-electron chi connectivity index (χ1n) is 5.88. The van der Waals surface area contributed by atoms with E-state index in [-0.39, 0.29) is 5.78 Å². The standard InChI is InChI=1S/C16H18O/c1-3-5-6-8-11-14(4-2)16(17)15-12-9-7-10-13-15/h4-13H,3H2,1-2H3/b6-5-,11-8-,14-4-. The minimum absolute atomic E-state index is 0.0641. The van der Waals surface area contributed by atoms with Crippen LogP contribution in [0.15, 0.2) is 66.3 Å². The van der Waals surface area contributed by atoms with E-state index in [1.807, 2.05) is 61.6 Å². The lowest BCUT2D eigenvalue weighted by Crippen LogP contribution is -2.00. The molecule has 0 aliphatic rings. The van der Waals surface area contributed by atoms with E-state index in [9.17, 15) is 4.79 Å². The van der Waals surface area contributed by atoms with Crippen molar-refractivity contribution in [2.75, 3.05) is 0 Å². The third kappa shape index (κ3) is 4.23. The van der Waals surface area contributed by atoms with Crippen molar-refractivity contribution in [2.24, 2.45) is 0 Å². The van der Waals surface area contributed by atoms with Gasteiger partial charge in [0.15, 0.2) is 5.78 Å². The van der Waals surface area contributed by atoms with Gasteiger partial charge in [-0.15, -0.1) is 0 Å². The zero-order valence-electron chi connectivity index (χ0n) is 10.4. The lowest BCUT2D eigenvalue weighted by molar-refractivity contribution is 0.103. The predicted molar refractivity (Wildman–Crippen MR) is 73.1 cm³/mol. The Morgan fingerprint density at radius 2 is 1.88 bits per heavy atom. The molecule has 1 rings (SSSR count). The molecule has 0 aliphatic heterocycles. The van der Waals surface area contributed by atoms with Crippen molar-refractivity contribution in [3.63, 3.8) is 0 Å². The van der Waals surface area contributed by atoms with Crippen LogP contribution in [0.25, 0.3) is 0 Å². The first kappa shape index (κ1) is 13.2. The van der Waals surface area contributed by atoms with E-state index in [4.69, 9.17) is 0 Å². The number of hydrogen-bond donors (Lipinski definition) is 0. The van der Waals surface area contributed by atoms with E-state index in [1.165, 1.54) is 0 Å². The van der Waals surface area contributed by atoms with E-state index >= 15 is 0 Å². The Balaban J connectivity index is 2.80. The topological polar surface area (TPSA) is 17.1 Å². The first-order valence-corrected chi connectivity index (χ1v) is 5.88. The molecule has 1 aromatic rings. The van der Waals surface area contributed by atoms with Crippen LogP contribution in [0.2, 0.25) is 0 Å². The summed E-state index contributed by atoms with van der Waals surface area (Å²) in [4.78, 5) is 12.1. The summed E-state index contributed by atoms with van der Waals surface area (Å²) in [6, 6.07) is 9.33. The minimum atomic E-state index is 0.0641. The maximum Gasteiger partial charge on any atom is 0.192 e. The minimum Gasteiger partial charge on any atom is -0.289 e. The summed E-state index contributed by atoms with van der Waals surface area (Å²) >= 11 is 0. The highest BCUT2D eigenvalue weighted by molar-refractivity contribution is 6.10. The fraction of sp³-hybridized carbons (Fsp3) is 0.188. The molecule has 1 aromatic carbocycles. The van der Waals surface area contributed by atoms with Crippen molar-refractivity contribution >= 4 is 5.78 Å². The van der Waals surface area contributed by atoms with Gasteiger partial charge in [0.05, 0.1) is 0 Å². The second-order valence-electron chi connectivity index (χ2n) is 3.63. The summed E-state index contributed by atoms with van der Waals surface area (Å²) in [6.45, 7) is 3.96. The summed E-state index contributed by atoms with van der Waals surface area (Å²) in [5.41, 5.74) is 1.45. The quantitative estimate of drug-likeness (QED) is 0.414. The zero-order valence-corrected chi connectivity index (χ0v) is 10.4. The average molecular weight is 226 g/mol. The van der Waals surface area contributed by atoms with E-state index in [2.05, 4.69) is 13.0 Å². The average Bonchev–Trinajstić information content (AvgIpc) is 2.39. The molecule has 0 aromatic heterocycles. The van der Waals surface area contributed by atoms with Crippen molar-refractivity contribution in [1.29, 1.82) is 0 Å². The number of carbonyl (C=O) groups is 1. The smallest absolute Gasteiger partial charge is 0.192 e. The molecular formula is C16H18O. The van der Waals surface area contributed by atoms with Crippen LogP contribution in [-0.4, -0.2) is 5.78 Å². The number of Topliss-reactive ketones (excluding diaryl/α,β-unsaturated/α-hetero) is 1. The fourth-order valence-corrected chi connectivity index (χ4v) is 1.43. The van der Waals surface area contributed by atoms with Crippen LogP contribution in [0.5, 0.6) is 0 Å². The van der Waals surface area contributed by atoms with Gasteiger partial charge in [0.1, 0.15) is 0 Å². The SMILES string of the molecule is C/C=C(/C=C\C=C/CC)C(=O)c1ccccc1. The molecule has 0 saturated carbocycles. The van der Waals surface area contributed by atoms with Crippen molar-refractivity contribution in [3.8, 4) is 0 Å². The van der Waals surface area contributed by atoms with Gasteiger partial charge in [-0.25, -0.2) is 0 Å². The molecule has 0 atom stereocenters. The molecule has 0 saturated heterocycles. The molecule has 17 heavy (non-hydrogen) atoms. The predicted octanol–water partition coefficient (Wildman–Crippen LogP) is 4.34. The number of carbonyl (C=O) groups excluding carboxylic acids is 1. The van der Waals surface area contributed by atoms with Gasteiger partial charge in [-0.2, -0.15) is 0 Å². The summed E-state index contributed by atoms with van der Waals surface area (Å²) in [5, 5.41) is 0. The lowest BCUT2D eigenvalue weighted by atomic mass is 10.0. The number of ketones is 1. The van der Waals surface area contributed by atoms with Crippen molar-refractivity contribution < 1.29 is 4.79 Å². The third-order valence-electron chi connectivity index (χ3n) is 2.37. The second kappa shape index (κ2) is 7.39. The van der Waals surface area contributed by atoms with Crippen LogP contribution < -0.4 is 0 Å². The van der Waals surface area contributed by atoms with Crippen LogP contribution >= 0.6 is 0 Å². The van der Waals surface area contributed by atoms with Crippen LogP contribution in [0.3, 0.4) is 0 Å². The molecule has 1 heteroatoms. The van der Waals surface area contributed by atoms with Crippen LogP contribution in [0, 0.1) is 0 Å². The third-order valence-corrected chi connectivity index (χ3v) is 2.37. The van der Waals surface area contributed by atoms with E-state index < -0.39 is 0 Å². The molecule has 0 amide bonds. The largest absolute Gasteiger partial charge is 0.289 e. The molecule has 88 valence electrons. The highest BCUT2D eigenvalue weighted by Gasteiger charge is 2.07. The maximum atomic E-state index is 12.1. The zero-order chi connectivity index (χ0) is 12.5. The first-order chi connectivity index (χ1) is 8.29. The van der Waals surface area contributed by atoms with Gasteiger partial charge >= 0.3 is 0 Å². The van der Waals surface area contributed by atoms with E-state index in [0.717, 1.165) is 17.6 Å². The lowest BCUT2D eigenvalue weighted by Gasteiger charge is -2.00. The van der Waals surface area contributed by atoms with Gasteiger partial charge in [0, 0.05) is 11.1 Å². The van der Waals surface area contributed by atoms with Gasteiger partial charge in [-0.05, 0) is 13.3 Å². The van der Waals surface area contributed by atoms with Gasteiger partial charge < -0.3 is 0 Å². The fourth-order valence-electron chi connectivity index (χ4n) is 1.43. The molecule has 0 aliphatic carbocycles. The van der Waals surface area contributed by atoms with E-state index in [0.29, 0.717) is 0 Å². The number of rotatable bonds is 5. The van der Waals surface area contributed by atoms with Gasteiger partial charge in [-0.3, -0.25) is 4.79 Å². The molecule has 0 fully saturated rings. The highest BCUT2D eigenvalue weighted by atomic mass is 16.1. The number of benzene rings is 1. The van der Waals surface area contributed by atoms with Crippen LogP contribution in [-0.2, 0) is 0 Å². The number of hydrogen-bond acceptors (Lipinski definition) is 1. The molecular weight excluding hydrogens is 208 g/mol. The van der Waals surface area contributed by atoms with Crippen LogP contribution in [0.4, 0.5) is 0 Å². The highest BCUT2D eigenvalue weighted by Crippen LogP contribution is 2.09. The molecule has 0 heterocycles. The normalized spacial score (nSPS) is 12.5. The molecule has 0 spiro atoms. The van der Waals surface area contributed by atoms with Gasteiger partial charge in [0.25, 0.3) is 0 Å². The Hall–Kier alpha value is -1.89.